The fourth-order valence-corrected chi connectivity index (χ4v) is 5.10. The fraction of sp³-hybridized carbons (Fsp3) is 0.742. The summed E-state index contributed by atoms with van der Waals surface area (Å²) < 4.78 is 17.5. The zero-order chi connectivity index (χ0) is 28.7. The lowest BCUT2D eigenvalue weighted by Crippen LogP contribution is -2.58. The maximum Gasteiger partial charge on any atom is 0.335 e. The van der Waals surface area contributed by atoms with E-state index in [2.05, 4.69) is 32.8 Å². The number of esters is 1. The fourth-order valence-electron chi connectivity index (χ4n) is 5.10. The van der Waals surface area contributed by atoms with Crippen molar-refractivity contribution in [1.29, 1.82) is 0 Å². The molecule has 0 spiro atoms. The minimum atomic E-state index is -1.15. The number of benzene rings is 1. The largest absolute Gasteiger partial charge is 0.453 e. The van der Waals surface area contributed by atoms with Crippen LogP contribution in [0.4, 0.5) is 0 Å². The normalized spacial score (nSPS) is 22.1. The van der Waals surface area contributed by atoms with Crippen LogP contribution in [-0.2, 0) is 28.6 Å². The van der Waals surface area contributed by atoms with Crippen molar-refractivity contribution in [3.05, 3.63) is 35.9 Å². The number of carbonyl (C=O) groups excluding carboxylic acids is 2. The van der Waals surface area contributed by atoms with Crippen LogP contribution < -0.4 is 0 Å². The quantitative estimate of drug-likeness (QED) is 0.250. The molecule has 5 atom stereocenters. The average molecular weight is 534 g/mol. The Morgan fingerprint density at radius 2 is 1.55 bits per heavy atom. The van der Waals surface area contributed by atoms with Crippen LogP contribution in [0.2, 0.25) is 0 Å². The maximum atomic E-state index is 13.5. The molecular formula is C31H51NO6. The van der Waals surface area contributed by atoms with Crippen LogP contribution in [0.1, 0.15) is 113 Å². The smallest absolute Gasteiger partial charge is 0.335 e. The van der Waals surface area contributed by atoms with Gasteiger partial charge in [-0.15, -0.1) is 0 Å². The van der Waals surface area contributed by atoms with Gasteiger partial charge in [0.05, 0.1) is 12.7 Å². The van der Waals surface area contributed by atoms with E-state index in [1.807, 2.05) is 51.1 Å². The Balaban J connectivity index is 2.18. The third kappa shape index (κ3) is 8.35. The number of hydrogen-bond acceptors (Lipinski definition) is 7. The number of hydrogen-bond donors (Lipinski definition) is 0. The van der Waals surface area contributed by atoms with Gasteiger partial charge in [0.15, 0.2) is 12.2 Å². The molecule has 1 aliphatic rings. The van der Waals surface area contributed by atoms with Crippen molar-refractivity contribution in [2.24, 2.45) is 0 Å². The maximum absolute atomic E-state index is 13.5. The molecule has 1 aromatic carbocycles. The summed E-state index contributed by atoms with van der Waals surface area (Å²) in [6.07, 6.45) is 2.22. The molecule has 4 unspecified atom stereocenters. The van der Waals surface area contributed by atoms with Crippen molar-refractivity contribution in [3.8, 4) is 0 Å². The van der Waals surface area contributed by atoms with Gasteiger partial charge < -0.3 is 14.2 Å². The molecule has 7 nitrogen and oxygen atoms in total. The lowest BCUT2D eigenvalue weighted by atomic mass is 9.82. The summed E-state index contributed by atoms with van der Waals surface area (Å²) in [6.45, 7) is 19.8. The third-order valence-corrected chi connectivity index (χ3v) is 7.84. The van der Waals surface area contributed by atoms with E-state index in [4.69, 9.17) is 19.0 Å². The number of Topliss-reactive ketones (excluding diaryl/α,β-unsaturated/α-hetero) is 1. The molecule has 0 aliphatic carbocycles. The Bertz CT molecular complexity index is 885. The number of ketones is 1. The first kappa shape index (κ1) is 32.4. The molecule has 1 fully saturated rings. The zero-order valence-corrected chi connectivity index (χ0v) is 25.3. The van der Waals surface area contributed by atoms with Gasteiger partial charge in [0.25, 0.3) is 0 Å². The van der Waals surface area contributed by atoms with Crippen molar-refractivity contribution in [2.75, 3.05) is 6.61 Å². The van der Waals surface area contributed by atoms with Gasteiger partial charge in [-0.05, 0) is 93.1 Å². The van der Waals surface area contributed by atoms with Crippen LogP contribution in [0.15, 0.2) is 30.3 Å². The van der Waals surface area contributed by atoms with Gasteiger partial charge >= 0.3 is 5.97 Å². The van der Waals surface area contributed by atoms with Crippen molar-refractivity contribution >= 4 is 11.8 Å². The Morgan fingerprint density at radius 3 is 2.08 bits per heavy atom. The zero-order valence-electron chi connectivity index (χ0n) is 25.3. The summed E-state index contributed by atoms with van der Waals surface area (Å²) >= 11 is 0. The molecule has 0 saturated carbocycles. The SMILES string of the molecule is CCC(C)O[C@@H](C)C(=O)OC(C)C(=O)C(C)(CC)OCC(ON1C(C)(C)CCCC1(C)C)c1ccccc1. The molecule has 216 valence electrons. The van der Waals surface area contributed by atoms with E-state index >= 15 is 0 Å². The summed E-state index contributed by atoms with van der Waals surface area (Å²) in [6, 6.07) is 9.97. The highest BCUT2D eigenvalue weighted by molar-refractivity contribution is 5.92. The number of piperidine rings is 1. The number of nitrogens with zero attached hydrogens (tertiary/aromatic N) is 1. The molecule has 0 bridgehead atoms. The molecule has 7 heteroatoms. The Kier molecular flexibility index (Phi) is 11.5. The Labute approximate surface area is 230 Å². The molecule has 0 aromatic heterocycles. The first-order valence-corrected chi connectivity index (χ1v) is 14.2. The van der Waals surface area contributed by atoms with E-state index in [0.29, 0.717) is 6.42 Å². The van der Waals surface area contributed by atoms with Crippen LogP contribution in [0, 0.1) is 0 Å². The van der Waals surface area contributed by atoms with E-state index in [0.717, 1.165) is 31.2 Å². The van der Waals surface area contributed by atoms with Crippen LogP contribution in [0.25, 0.3) is 0 Å². The first-order chi connectivity index (χ1) is 17.7. The van der Waals surface area contributed by atoms with Gasteiger partial charge in [0, 0.05) is 11.1 Å². The highest BCUT2D eigenvalue weighted by Gasteiger charge is 2.45. The summed E-state index contributed by atoms with van der Waals surface area (Å²) in [5.74, 6) is -0.834. The monoisotopic (exact) mass is 533 g/mol. The summed E-state index contributed by atoms with van der Waals surface area (Å²) in [5, 5.41) is 2.12. The van der Waals surface area contributed by atoms with Crippen molar-refractivity contribution in [3.63, 3.8) is 0 Å². The molecule has 1 aromatic rings. The molecule has 2 rings (SSSR count). The minimum absolute atomic E-state index is 0.0717. The van der Waals surface area contributed by atoms with Crippen LogP contribution in [-0.4, -0.2) is 58.4 Å². The topological polar surface area (TPSA) is 74.3 Å². The lowest BCUT2D eigenvalue weighted by molar-refractivity contribution is -0.315. The van der Waals surface area contributed by atoms with E-state index < -0.39 is 29.9 Å². The number of ether oxygens (including phenoxy) is 3. The van der Waals surface area contributed by atoms with Crippen LogP contribution in [0.5, 0.6) is 0 Å². The second kappa shape index (κ2) is 13.5. The first-order valence-electron chi connectivity index (χ1n) is 14.2. The summed E-state index contributed by atoms with van der Waals surface area (Å²) in [4.78, 5) is 32.8. The molecule has 0 radical (unpaired) electrons. The highest BCUT2D eigenvalue weighted by Crippen LogP contribution is 2.41. The van der Waals surface area contributed by atoms with Gasteiger partial charge in [0.2, 0.25) is 5.78 Å². The standard InChI is InChI=1S/C31H51NO6/c1-11-22(3)36-24(5)28(34)37-23(4)27(33)31(10,12-2)35-21-26(25-17-14-13-15-18-25)38-32-29(6,7)19-16-20-30(32,8)9/h13-15,17-18,22-24,26H,11-12,16,19-21H2,1-10H3/t22?,23?,24-,26?,31?/m0/s1. The number of hydroxylamine groups is 2. The van der Waals surface area contributed by atoms with Crippen molar-refractivity contribution in [1.82, 2.24) is 5.06 Å². The lowest BCUT2D eigenvalue weighted by Gasteiger charge is -2.52. The van der Waals surface area contributed by atoms with Crippen molar-refractivity contribution in [2.45, 2.75) is 142 Å². The molecule has 0 amide bonds. The predicted octanol–water partition coefficient (Wildman–Crippen LogP) is 6.59. The van der Waals surface area contributed by atoms with Gasteiger partial charge in [-0.2, -0.15) is 5.06 Å². The molecule has 38 heavy (non-hydrogen) atoms. The van der Waals surface area contributed by atoms with Gasteiger partial charge in [0.1, 0.15) is 11.7 Å². The molecule has 0 N–H and O–H groups in total. The van der Waals surface area contributed by atoms with Crippen LogP contribution in [0.3, 0.4) is 0 Å². The third-order valence-electron chi connectivity index (χ3n) is 7.84. The predicted molar refractivity (Wildman–Crippen MR) is 150 cm³/mol. The number of carbonyl (C=O) groups is 2. The van der Waals surface area contributed by atoms with Gasteiger partial charge in [-0.25, -0.2) is 4.79 Å². The number of rotatable bonds is 14. The summed E-state index contributed by atoms with van der Waals surface area (Å²) in [7, 11) is 0. The average Bonchev–Trinajstić information content (AvgIpc) is 2.87. The second-order valence-corrected chi connectivity index (χ2v) is 12.1. The molecule has 1 aliphatic heterocycles. The molecular weight excluding hydrogens is 482 g/mol. The van der Waals surface area contributed by atoms with E-state index in [1.165, 1.54) is 0 Å². The van der Waals surface area contributed by atoms with E-state index in [1.54, 1.807) is 20.8 Å². The molecule has 1 saturated heterocycles. The van der Waals surface area contributed by atoms with Crippen LogP contribution >= 0.6 is 0 Å². The van der Waals surface area contributed by atoms with E-state index in [9.17, 15) is 9.59 Å². The Hall–Kier alpha value is -1.80. The summed E-state index contributed by atoms with van der Waals surface area (Å²) in [5.41, 5.74) is -0.458. The van der Waals surface area contributed by atoms with E-state index in [-0.39, 0.29) is 29.6 Å². The highest BCUT2D eigenvalue weighted by atomic mass is 16.7. The van der Waals surface area contributed by atoms with Gasteiger partial charge in [-0.1, -0.05) is 44.2 Å². The minimum Gasteiger partial charge on any atom is -0.453 e. The van der Waals surface area contributed by atoms with Crippen molar-refractivity contribution < 1.29 is 28.6 Å². The Morgan fingerprint density at radius 1 is 0.974 bits per heavy atom. The van der Waals surface area contributed by atoms with Gasteiger partial charge in [-0.3, -0.25) is 9.63 Å². The second-order valence-electron chi connectivity index (χ2n) is 12.1. The molecule has 1 heterocycles.